The lowest BCUT2D eigenvalue weighted by Gasteiger charge is -2.19. The molecule has 0 bridgehead atoms. The number of halogens is 1. The van der Waals surface area contributed by atoms with Gasteiger partial charge in [0.2, 0.25) is 5.78 Å². The molecule has 2 aromatic heterocycles. The third kappa shape index (κ3) is 3.79. The van der Waals surface area contributed by atoms with E-state index in [1.807, 2.05) is 30.5 Å². The molecule has 5 heteroatoms. The average Bonchev–Trinajstić information content (AvgIpc) is 3.17. The van der Waals surface area contributed by atoms with Crippen molar-refractivity contribution in [1.29, 1.82) is 0 Å². The first-order valence-electron chi connectivity index (χ1n) is 10.3. The van der Waals surface area contributed by atoms with Crippen LogP contribution < -0.4 is 5.56 Å². The molecule has 0 saturated heterocycles. The summed E-state index contributed by atoms with van der Waals surface area (Å²) in [6.45, 7) is 3.08. The molecule has 0 unspecified atom stereocenters. The van der Waals surface area contributed by atoms with Crippen LogP contribution >= 0.6 is 11.6 Å². The van der Waals surface area contributed by atoms with Gasteiger partial charge in [-0.05, 0) is 49.8 Å². The van der Waals surface area contributed by atoms with Crippen LogP contribution in [0.2, 0.25) is 5.02 Å². The number of benzene rings is 1. The number of imidazole rings is 1. The molecular weight excluding hydrogens is 370 g/mol. The number of hydrogen-bond acceptors (Lipinski definition) is 2. The Morgan fingerprint density at radius 3 is 2.68 bits per heavy atom. The Bertz CT molecular complexity index is 1060. The predicted molar refractivity (Wildman–Crippen MR) is 116 cm³/mol. The van der Waals surface area contributed by atoms with E-state index in [0.29, 0.717) is 5.02 Å². The van der Waals surface area contributed by atoms with Crippen LogP contribution in [0.4, 0.5) is 0 Å². The Labute approximate surface area is 170 Å². The summed E-state index contributed by atoms with van der Waals surface area (Å²) in [5.74, 6) is 0.732. The van der Waals surface area contributed by atoms with Gasteiger partial charge in [0.1, 0.15) is 0 Å². The van der Waals surface area contributed by atoms with Crippen molar-refractivity contribution in [1.82, 2.24) is 14.0 Å². The molecule has 2 heterocycles. The van der Waals surface area contributed by atoms with Gasteiger partial charge in [0.15, 0.2) is 0 Å². The van der Waals surface area contributed by atoms with Gasteiger partial charge in [-0.3, -0.25) is 9.20 Å². The first kappa shape index (κ1) is 19.0. The Kier molecular flexibility index (Phi) is 5.67. The highest BCUT2D eigenvalue weighted by molar-refractivity contribution is 6.30. The van der Waals surface area contributed by atoms with Crippen LogP contribution in [0.25, 0.3) is 22.6 Å². The van der Waals surface area contributed by atoms with Crippen molar-refractivity contribution in [2.45, 2.75) is 58.4 Å². The van der Waals surface area contributed by atoms with Gasteiger partial charge in [0.25, 0.3) is 5.56 Å². The minimum atomic E-state index is -0.0177. The number of rotatable bonds is 6. The topological polar surface area (TPSA) is 39.3 Å². The van der Waals surface area contributed by atoms with Crippen LogP contribution in [-0.2, 0) is 6.54 Å². The third-order valence-corrected chi connectivity index (χ3v) is 5.71. The van der Waals surface area contributed by atoms with Crippen molar-refractivity contribution in [3.63, 3.8) is 0 Å². The molecule has 1 aliphatic rings. The van der Waals surface area contributed by atoms with Crippen molar-refractivity contribution in [2.24, 2.45) is 0 Å². The molecule has 0 atom stereocenters. The van der Waals surface area contributed by atoms with Crippen molar-refractivity contribution >= 4 is 23.0 Å². The molecule has 4 rings (SSSR count). The Morgan fingerprint density at radius 2 is 1.96 bits per heavy atom. The molecule has 0 aliphatic heterocycles. The van der Waals surface area contributed by atoms with E-state index in [2.05, 4.69) is 17.6 Å². The number of aryl methyl sites for hydroxylation is 1. The van der Waals surface area contributed by atoms with Crippen LogP contribution in [-0.4, -0.2) is 14.0 Å². The summed E-state index contributed by atoms with van der Waals surface area (Å²) in [5, 5.41) is 0.693. The van der Waals surface area contributed by atoms with Crippen LogP contribution in [0.1, 0.15) is 57.6 Å². The van der Waals surface area contributed by atoms with E-state index in [9.17, 15) is 4.79 Å². The fourth-order valence-corrected chi connectivity index (χ4v) is 4.06. The van der Waals surface area contributed by atoms with E-state index >= 15 is 0 Å². The van der Waals surface area contributed by atoms with E-state index in [4.69, 9.17) is 16.6 Å². The largest absolute Gasteiger partial charge is 0.311 e. The summed E-state index contributed by atoms with van der Waals surface area (Å²) >= 11 is 6.02. The molecule has 28 heavy (non-hydrogen) atoms. The normalized spacial score (nSPS) is 14.4. The van der Waals surface area contributed by atoms with Gasteiger partial charge >= 0.3 is 0 Å². The standard InChI is InChI=1S/C23H26ClN3O/c1-2-3-7-14-26-21(18-8-5-4-6-9-18)15-22(28)27-16-20(25-23(26)27)17-10-12-19(24)13-11-17/h8,10-13,15-16H,2-7,9,14H2,1H3. The minimum absolute atomic E-state index is 0.0177. The molecule has 0 N–H and O–H groups in total. The van der Waals surface area contributed by atoms with Crippen molar-refractivity contribution in [2.75, 3.05) is 0 Å². The van der Waals surface area contributed by atoms with E-state index in [1.54, 1.807) is 10.5 Å². The lowest BCUT2D eigenvalue weighted by Crippen LogP contribution is -2.20. The summed E-state index contributed by atoms with van der Waals surface area (Å²) < 4.78 is 3.93. The van der Waals surface area contributed by atoms with Crippen molar-refractivity contribution < 1.29 is 0 Å². The molecule has 1 aliphatic carbocycles. The zero-order valence-electron chi connectivity index (χ0n) is 16.3. The highest BCUT2D eigenvalue weighted by Crippen LogP contribution is 2.28. The average molecular weight is 396 g/mol. The number of nitrogens with zero attached hydrogens (tertiary/aromatic N) is 3. The van der Waals surface area contributed by atoms with Gasteiger partial charge in [0.05, 0.1) is 11.4 Å². The van der Waals surface area contributed by atoms with Crippen LogP contribution in [0.5, 0.6) is 0 Å². The molecule has 0 radical (unpaired) electrons. The summed E-state index contributed by atoms with van der Waals surface area (Å²) in [6, 6.07) is 9.39. The lowest BCUT2D eigenvalue weighted by atomic mass is 9.96. The zero-order valence-corrected chi connectivity index (χ0v) is 17.1. The quantitative estimate of drug-likeness (QED) is 0.483. The fourth-order valence-electron chi connectivity index (χ4n) is 3.93. The second kappa shape index (κ2) is 8.36. The van der Waals surface area contributed by atoms with Crippen LogP contribution in [0.3, 0.4) is 0 Å². The summed E-state index contributed by atoms with van der Waals surface area (Å²) in [7, 11) is 0. The van der Waals surface area contributed by atoms with Crippen molar-refractivity contribution in [3.8, 4) is 11.3 Å². The van der Waals surface area contributed by atoms with E-state index < -0.39 is 0 Å². The Balaban J connectivity index is 1.86. The summed E-state index contributed by atoms with van der Waals surface area (Å²) in [4.78, 5) is 17.7. The summed E-state index contributed by atoms with van der Waals surface area (Å²) in [5.41, 5.74) is 4.08. The number of hydrogen-bond donors (Lipinski definition) is 0. The Hall–Kier alpha value is -2.33. The van der Waals surface area contributed by atoms with Gasteiger partial charge in [-0.1, -0.05) is 49.6 Å². The first-order valence-corrected chi connectivity index (χ1v) is 10.6. The number of unbranched alkanes of at least 4 members (excludes halogenated alkanes) is 2. The van der Waals surface area contributed by atoms with E-state index in [1.165, 1.54) is 31.3 Å². The smallest absolute Gasteiger partial charge is 0.259 e. The van der Waals surface area contributed by atoms with Gasteiger partial charge in [0, 0.05) is 29.4 Å². The second-order valence-corrected chi connectivity index (χ2v) is 7.94. The van der Waals surface area contributed by atoms with Gasteiger partial charge in [-0.15, -0.1) is 0 Å². The van der Waals surface area contributed by atoms with Crippen LogP contribution in [0.15, 0.2) is 47.4 Å². The van der Waals surface area contributed by atoms with Gasteiger partial charge in [-0.2, -0.15) is 0 Å². The van der Waals surface area contributed by atoms with E-state index in [-0.39, 0.29) is 5.56 Å². The van der Waals surface area contributed by atoms with Gasteiger partial charge < -0.3 is 4.57 Å². The molecule has 4 nitrogen and oxygen atoms in total. The maximum Gasteiger partial charge on any atom is 0.259 e. The SMILES string of the molecule is CCCCCn1c(C2=CCCCC2)cc(=O)n2cc(-c3ccc(Cl)cc3)nc12. The Morgan fingerprint density at radius 1 is 1.14 bits per heavy atom. The third-order valence-electron chi connectivity index (χ3n) is 5.46. The molecule has 0 saturated carbocycles. The first-order chi connectivity index (χ1) is 13.7. The second-order valence-electron chi connectivity index (χ2n) is 7.50. The number of aromatic nitrogens is 3. The highest BCUT2D eigenvalue weighted by Gasteiger charge is 2.17. The monoisotopic (exact) mass is 395 g/mol. The fraction of sp³-hybridized carbons (Fsp3) is 0.391. The molecular formula is C23H26ClN3O. The molecule has 1 aromatic carbocycles. The van der Waals surface area contributed by atoms with E-state index in [0.717, 1.165) is 48.5 Å². The molecule has 3 aromatic rings. The molecule has 146 valence electrons. The lowest BCUT2D eigenvalue weighted by molar-refractivity contribution is 0.594. The maximum absolute atomic E-state index is 12.9. The number of fused-ring (bicyclic) bond motifs is 1. The van der Waals surface area contributed by atoms with Crippen LogP contribution in [0, 0.1) is 0 Å². The zero-order chi connectivity index (χ0) is 19.5. The molecule has 0 fully saturated rings. The van der Waals surface area contributed by atoms with Crippen molar-refractivity contribution in [3.05, 3.63) is 63.7 Å². The van der Waals surface area contributed by atoms with Gasteiger partial charge in [-0.25, -0.2) is 4.98 Å². The maximum atomic E-state index is 12.9. The summed E-state index contributed by atoms with van der Waals surface area (Å²) in [6.07, 6.45) is 12.1. The highest BCUT2D eigenvalue weighted by atomic mass is 35.5. The minimum Gasteiger partial charge on any atom is -0.311 e. The number of allylic oxidation sites excluding steroid dienone is 2. The predicted octanol–water partition coefficient (Wildman–Crippen LogP) is 5.96. The molecule has 0 spiro atoms. The molecule has 0 amide bonds.